The van der Waals surface area contributed by atoms with Gasteiger partial charge in [-0.1, -0.05) is 23.7 Å². The number of non-ortho nitro benzene ring substituents is 1. The Labute approximate surface area is 148 Å². The van der Waals surface area contributed by atoms with Crippen LogP contribution in [0.1, 0.15) is 15.9 Å². The molecule has 0 bridgehead atoms. The smallest absolute Gasteiger partial charge is 0.271 e. The Morgan fingerprint density at radius 1 is 1.24 bits per heavy atom. The van der Waals surface area contributed by atoms with Crippen LogP contribution in [-0.2, 0) is 6.54 Å². The van der Waals surface area contributed by atoms with Crippen LogP contribution in [-0.4, -0.2) is 20.4 Å². The van der Waals surface area contributed by atoms with E-state index in [1.54, 1.807) is 24.7 Å². The minimum Gasteiger partial charge on any atom is -0.333 e. The normalized spacial score (nSPS) is 10.4. The number of halogens is 1. The number of hydrogen-bond donors (Lipinski definition) is 1. The fourth-order valence-electron chi connectivity index (χ4n) is 2.27. The lowest BCUT2D eigenvalue weighted by Crippen LogP contribution is -2.12. The van der Waals surface area contributed by atoms with Gasteiger partial charge < -0.3 is 9.88 Å². The number of nitrogens with zero attached hydrogens (tertiary/aromatic N) is 3. The maximum atomic E-state index is 12.3. The Kier molecular flexibility index (Phi) is 4.76. The van der Waals surface area contributed by atoms with Crippen molar-refractivity contribution in [1.29, 1.82) is 0 Å². The third-order valence-electron chi connectivity index (χ3n) is 3.55. The van der Waals surface area contributed by atoms with Gasteiger partial charge in [-0.15, -0.1) is 0 Å². The Morgan fingerprint density at radius 3 is 2.64 bits per heavy atom. The summed E-state index contributed by atoms with van der Waals surface area (Å²) in [6, 6.07) is 10.9. The van der Waals surface area contributed by atoms with Gasteiger partial charge in [0.05, 0.1) is 22.0 Å². The molecule has 0 saturated heterocycles. The summed E-state index contributed by atoms with van der Waals surface area (Å²) in [5.41, 5.74) is 1.50. The summed E-state index contributed by atoms with van der Waals surface area (Å²) >= 11 is 5.99. The number of carbonyl (C=O) groups is 1. The lowest BCUT2D eigenvalue weighted by atomic mass is 10.1. The molecule has 0 aliphatic carbocycles. The van der Waals surface area contributed by atoms with Crippen molar-refractivity contribution in [3.05, 3.63) is 87.4 Å². The zero-order chi connectivity index (χ0) is 17.8. The van der Waals surface area contributed by atoms with Gasteiger partial charge in [-0.25, -0.2) is 4.98 Å². The summed E-state index contributed by atoms with van der Waals surface area (Å²) in [6.45, 7) is 0.651. The number of anilines is 1. The quantitative estimate of drug-likeness (QED) is 0.557. The molecule has 1 aromatic heterocycles. The minimum absolute atomic E-state index is 0.143. The van der Waals surface area contributed by atoms with Gasteiger partial charge in [0.2, 0.25) is 0 Å². The van der Waals surface area contributed by atoms with E-state index in [1.807, 2.05) is 22.9 Å². The first-order chi connectivity index (χ1) is 12.0. The van der Waals surface area contributed by atoms with Crippen molar-refractivity contribution in [3.8, 4) is 0 Å². The third-order valence-corrected chi connectivity index (χ3v) is 3.88. The second kappa shape index (κ2) is 7.14. The van der Waals surface area contributed by atoms with Crippen LogP contribution in [0.3, 0.4) is 0 Å². The molecule has 0 aliphatic heterocycles. The lowest BCUT2D eigenvalue weighted by molar-refractivity contribution is -0.384. The van der Waals surface area contributed by atoms with Crippen LogP contribution < -0.4 is 5.32 Å². The summed E-state index contributed by atoms with van der Waals surface area (Å²) in [6.07, 6.45) is 5.26. The molecular weight excluding hydrogens is 344 g/mol. The van der Waals surface area contributed by atoms with Gasteiger partial charge in [0.1, 0.15) is 0 Å². The van der Waals surface area contributed by atoms with Crippen LogP contribution in [0.25, 0.3) is 0 Å². The number of rotatable bonds is 5. The highest BCUT2D eigenvalue weighted by Gasteiger charge is 2.13. The zero-order valence-corrected chi connectivity index (χ0v) is 13.7. The fourth-order valence-corrected chi connectivity index (χ4v) is 2.43. The number of benzene rings is 2. The molecule has 0 radical (unpaired) electrons. The monoisotopic (exact) mass is 356 g/mol. The van der Waals surface area contributed by atoms with Gasteiger partial charge in [-0.2, -0.15) is 0 Å². The molecule has 25 heavy (non-hydrogen) atoms. The number of nitro groups is 1. The molecule has 3 rings (SSSR count). The molecule has 126 valence electrons. The van der Waals surface area contributed by atoms with Crippen LogP contribution >= 0.6 is 11.6 Å². The maximum Gasteiger partial charge on any atom is 0.271 e. The van der Waals surface area contributed by atoms with E-state index in [2.05, 4.69) is 10.3 Å². The number of nitrogens with one attached hydrogen (secondary N) is 1. The largest absolute Gasteiger partial charge is 0.333 e. The van der Waals surface area contributed by atoms with E-state index in [4.69, 9.17) is 11.6 Å². The lowest BCUT2D eigenvalue weighted by Gasteiger charge is -2.08. The second-order valence-corrected chi connectivity index (χ2v) is 5.71. The molecule has 2 aromatic carbocycles. The molecule has 0 saturated carbocycles. The van der Waals surface area contributed by atoms with Crippen molar-refractivity contribution in [1.82, 2.24) is 9.55 Å². The molecule has 0 unspecified atom stereocenters. The predicted molar refractivity (Wildman–Crippen MR) is 93.8 cm³/mol. The topological polar surface area (TPSA) is 90.1 Å². The average Bonchev–Trinajstić information content (AvgIpc) is 3.10. The highest BCUT2D eigenvalue weighted by Crippen LogP contribution is 2.27. The number of carbonyl (C=O) groups excluding carboxylic acids is 1. The molecule has 0 spiro atoms. The van der Waals surface area contributed by atoms with E-state index < -0.39 is 10.8 Å². The van der Waals surface area contributed by atoms with Crippen LogP contribution in [0.2, 0.25) is 5.02 Å². The van der Waals surface area contributed by atoms with Gasteiger partial charge in [0, 0.05) is 36.6 Å². The molecule has 7 nitrogen and oxygen atoms in total. The first kappa shape index (κ1) is 16.7. The summed E-state index contributed by atoms with van der Waals surface area (Å²) in [4.78, 5) is 26.6. The third kappa shape index (κ3) is 4.02. The van der Waals surface area contributed by atoms with E-state index in [0.717, 1.165) is 5.56 Å². The SMILES string of the molecule is O=C(Nc1cc([N+](=O)[O-])ccc1Cl)c1ccc(Cn2ccnc2)cc1. The molecule has 1 amide bonds. The highest BCUT2D eigenvalue weighted by atomic mass is 35.5. The minimum atomic E-state index is -0.545. The van der Waals surface area contributed by atoms with Crippen LogP contribution in [0.5, 0.6) is 0 Å². The van der Waals surface area contributed by atoms with Crippen molar-refractivity contribution < 1.29 is 9.72 Å². The molecule has 1 N–H and O–H groups in total. The number of amides is 1. The van der Waals surface area contributed by atoms with E-state index >= 15 is 0 Å². The zero-order valence-electron chi connectivity index (χ0n) is 12.9. The van der Waals surface area contributed by atoms with Crippen molar-refractivity contribution in [2.24, 2.45) is 0 Å². The molecule has 0 atom stereocenters. The Balaban J connectivity index is 1.73. The van der Waals surface area contributed by atoms with E-state index in [1.165, 1.54) is 18.2 Å². The number of nitro benzene ring substituents is 1. The van der Waals surface area contributed by atoms with Crippen LogP contribution in [0.15, 0.2) is 61.2 Å². The van der Waals surface area contributed by atoms with Gasteiger partial charge >= 0.3 is 0 Å². The standard InChI is InChI=1S/C17H13ClN4O3/c18-15-6-5-14(22(24)25)9-16(15)20-17(23)13-3-1-12(2-4-13)10-21-8-7-19-11-21/h1-9,11H,10H2,(H,20,23). The fraction of sp³-hybridized carbons (Fsp3) is 0.0588. The van der Waals surface area contributed by atoms with Crippen molar-refractivity contribution in [2.45, 2.75) is 6.54 Å². The van der Waals surface area contributed by atoms with Crippen LogP contribution in [0, 0.1) is 10.1 Å². The van der Waals surface area contributed by atoms with E-state index in [0.29, 0.717) is 12.1 Å². The van der Waals surface area contributed by atoms with E-state index in [-0.39, 0.29) is 16.4 Å². The van der Waals surface area contributed by atoms with Gasteiger partial charge in [-0.3, -0.25) is 14.9 Å². The summed E-state index contributed by atoms with van der Waals surface area (Å²) in [7, 11) is 0. The van der Waals surface area contributed by atoms with Crippen molar-refractivity contribution >= 4 is 28.9 Å². The van der Waals surface area contributed by atoms with Gasteiger partial charge in [0.25, 0.3) is 11.6 Å². The van der Waals surface area contributed by atoms with Crippen LogP contribution in [0.4, 0.5) is 11.4 Å². The highest BCUT2D eigenvalue weighted by molar-refractivity contribution is 6.34. The summed E-state index contributed by atoms with van der Waals surface area (Å²) in [5.74, 6) is -0.392. The number of imidazole rings is 1. The number of hydrogen-bond acceptors (Lipinski definition) is 4. The van der Waals surface area contributed by atoms with E-state index in [9.17, 15) is 14.9 Å². The molecule has 1 heterocycles. The average molecular weight is 357 g/mol. The molecule has 8 heteroatoms. The van der Waals surface area contributed by atoms with Crippen molar-refractivity contribution in [2.75, 3.05) is 5.32 Å². The maximum absolute atomic E-state index is 12.3. The number of aromatic nitrogens is 2. The first-order valence-electron chi connectivity index (χ1n) is 7.33. The first-order valence-corrected chi connectivity index (χ1v) is 7.71. The second-order valence-electron chi connectivity index (χ2n) is 5.31. The van der Waals surface area contributed by atoms with Gasteiger partial charge in [0.15, 0.2) is 0 Å². The Morgan fingerprint density at radius 2 is 2.00 bits per heavy atom. The molecule has 0 aliphatic rings. The predicted octanol–water partition coefficient (Wildman–Crippen LogP) is 3.75. The Bertz CT molecular complexity index is 908. The molecule has 0 fully saturated rings. The summed E-state index contributed by atoms with van der Waals surface area (Å²) < 4.78 is 1.91. The van der Waals surface area contributed by atoms with Crippen molar-refractivity contribution in [3.63, 3.8) is 0 Å². The van der Waals surface area contributed by atoms with Gasteiger partial charge in [-0.05, 0) is 23.8 Å². The summed E-state index contributed by atoms with van der Waals surface area (Å²) in [5, 5.41) is 13.7. The molecule has 3 aromatic rings. The Hall–Kier alpha value is -3.19. The molecular formula is C17H13ClN4O3.